The molecule has 1 aromatic rings. The van der Waals surface area contributed by atoms with Crippen molar-refractivity contribution in [2.24, 2.45) is 5.92 Å². The van der Waals surface area contributed by atoms with Crippen molar-refractivity contribution in [2.45, 2.75) is 45.1 Å². The van der Waals surface area contributed by atoms with Gasteiger partial charge in [-0.25, -0.2) is 9.78 Å². The summed E-state index contributed by atoms with van der Waals surface area (Å²) in [5, 5.41) is 4.30. The van der Waals surface area contributed by atoms with E-state index in [1.54, 1.807) is 6.20 Å². The fourth-order valence-corrected chi connectivity index (χ4v) is 3.20. The van der Waals surface area contributed by atoms with E-state index in [0.29, 0.717) is 16.8 Å². The van der Waals surface area contributed by atoms with Gasteiger partial charge in [-0.1, -0.05) is 37.5 Å². The van der Waals surface area contributed by atoms with E-state index in [4.69, 9.17) is 0 Å². The van der Waals surface area contributed by atoms with E-state index in [-0.39, 0.29) is 5.97 Å². The first-order valence-corrected chi connectivity index (χ1v) is 7.33. The van der Waals surface area contributed by atoms with Crippen molar-refractivity contribution in [3.8, 4) is 0 Å². The Morgan fingerprint density at radius 2 is 2.22 bits per heavy atom. The van der Waals surface area contributed by atoms with Crippen LogP contribution in [0.5, 0.6) is 0 Å². The molecule has 18 heavy (non-hydrogen) atoms. The molecule has 1 saturated carbocycles. The molecule has 0 bridgehead atoms. The number of ether oxygens (including phenoxy) is 1. The Bertz CT molecular complexity index is 405. The van der Waals surface area contributed by atoms with Gasteiger partial charge in [0.05, 0.1) is 13.3 Å². The number of hydrogen-bond donors (Lipinski definition) is 1. The number of nitrogens with zero attached hydrogens (tertiary/aromatic N) is 1. The number of hydrogen-bond acceptors (Lipinski definition) is 5. The lowest BCUT2D eigenvalue weighted by Gasteiger charge is -2.22. The van der Waals surface area contributed by atoms with Gasteiger partial charge in [-0.05, 0) is 18.8 Å². The van der Waals surface area contributed by atoms with Gasteiger partial charge in [0.1, 0.15) is 4.88 Å². The summed E-state index contributed by atoms with van der Waals surface area (Å²) in [5.41, 5.74) is 0. The largest absolute Gasteiger partial charge is 0.465 e. The zero-order chi connectivity index (χ0) is 13.0. The summed E-state index contributed by atoms with van der Waals surface area (Å²) >= 11 is 1.37. The van der Waals surface area contributed by atoms with Crippen molar-refractivity contribution >= 4 is 22.4 Å². The first kappa shape index (κ1) is 13.3. The van der Waals surface area contributed by atoms with Crippen LogP contribution < -0.4 is 5.32 Å². The molecular weight excluding hydrogens is 248 g/mol. The van der Waals surface area contributed by atoms with Crippen LogP contribution in [0.25, 0.3) is 0 Å². The summed E-state index contributed by atoms with van der Waals surface area (Å²) in [6.07, 6.45) is 7.97. The van der Waals surface area contributed by atoms with Crippen LogP contribution in [0.15, 0.2) is 6.20 Å². The lowest BCUT2D eigenvalue weighted by Crippen LogP contribution is -2.26. The van der Waals surface area contributed by atoms with E-state index in [0.717, 1.165) is 5.13 Å². The van der Waals surface area contributed by atoms with Crippen molar-refractivity contribution in [1.29, 1.82) is 0 Å². The van der Waals surface area contributed by atoms with E-state index in [2.05, 4.69) is 22.0 Å². The predicted octanol–water partition coefficient (Wildman–Crippen LogP) is 3.31. The molecule has 2 atom stereocenters. The van der Waals surface area contributed by atoms with Crippen LogP contribution in [-0.2, 0) is 4.74 Å². The average molecular weight is 268 g/mol. The summed E-state index contributed by atoms with van der Waals surface area (Å²) in [7, 11) is 1.39. The molecule has 0 spiro atoms. The quantitative estimate of drug-likeness (QED) is 0.675. The van der Waals surface area contributed by atoms with Gasteiger partial charge in [0, 0.05) is 6.04 Å². The zero-order valence-corrected chi connectivity index (χ0v) is 11.8. The summed E-state index contributed by atoms with van der Waals surface area (Å²) in [6.45, 7) is 2.29. The second-order valence-electron chi connectivity index (χ2n) is 4.89. The third-order valence-corrected chi connectivity index (χ3v) is 4.47. The van der Waals surface area contributed by atoms with E-state index < -0.39 is 0 Å². The standard InChI is InChI=1S/C13H20N2O2S/c1-9-6-4-3-5-7-10(9)15-13-14-8-11(18-13)12(16)17-2/h8-10H,3-7H2,1-2H3,(H,14,15). The monoisotopic (exact) mass is 268 g/mol. The van der Waals surface area contributed by atoms with Crippen molar-refractivity contribution < 1.29 is 9.53 Å². The van der Waals surface area contributed by atoms with Gasteiger partial charge in [-0.2, -0.15) is 0 Å². The molecule has 1 heterocycles. The number of thiazole rings is 1. The molecule has 1 aliphatic rings. The molecule has 100 valence electrons. The van der Waals surface area contributed by atoms with Crippen molar-refractivity contribution in [2.75, 3.05) is 12.4 Å². The molecule has 1 fully saturated rings. The van der Waals surface area contributed by atoms with Gasteiger partial charge in [-0.15, -0.1) is 0 Å². The third-order valence-electron chi connectivity index (χ3n) is 3.56. The Kier molecular flexibility index (Phi) is 4.58. The summed E-state index contributed by atoms with van der Waals surface area (Å²) < 4.78 is 4.68. The molecule has 0 radical (unpaired) electrons. The molecule has 0 aliphatic heterocycles. The second-order valence-corrected chi connectivity index (χ2v) is 5.92. The smallest absolute Gasteiger partial charge is 0.349 e. The number of esters is 1. The molecule has 0 amide bonds. The summed E-state index contributed by atoms with van der Waals surface area (Å²) in [5.74, 6) is 0.354. The lowest BCUT2D eigenvalue weighted by molar-refractivity contribution is 0.0606. The van der Waals surface area contributed by atoms with Gasteiger partial charge < -0.3 is 10.1 Å². The fourth-order valence-electron chi connectivity index (χ4n) is 2.40. The normalized spacial score (nSPS) is 24.3. The highest BCUT2D eigenvalue weighted by Gasteiger charge is 2.21. The molecule has 0 saturated heterocycles. The Labute approximate surface area is 112 Å². The molecule has 5 heteroatoms. The SMILES string of the molecule is COC(=O)c1cnc(NC2CCCCCC2C)s1. The lowest BCUT2D eigenvalue weighted by atomic mass is 9.97. The number of anilines is 1. The minimum Gasteiger partial charge on any atom is -0.465 e. The number of methoxy groups -OCH3 is 1. The van der Waals surface area contributed by atoms with Crippen LogP contribution in [0.1, 0.15) is 48.7 Å². The number of nitrogens with one attached hydrogen (secondary N) is 1. The Morgan fingerprint density at radius 1 is 1.44 bits per heavy atom. The number of rotatable bonds is 3. The van der Waals surface area contributed by atoms with E-state index in [1.165, 1.54) is 50.6 Å². The van der Waals surface area contributed by atoms with Gasteiger partial charge in [0.2, 0.25) is 0 Å². The van der Waals surface area contributed by atoms with E-state index in [9.17, 15) is 4.79 Å². The number of carbonyl (C=O) groups excluding carboxylic acids is 1. The van der Waals surface area contributed by atoms with Crippen molar-refractivity contribution in [1.82, 2.24) is 4.98 Å². The Morgan fingerprint density at radius 3 is 3.00 bits per heavy atom. The van der Waals surface area contributed by atoms with Crippen LogP contribution in [0, 0.1) is 5.92 Å². The molecular formula is C13H20N2O2S. The van der Waals surface area contributed by atoms with Crippen molar-refractivity contribution in [3.63, 3.8) is 0 Å². The van der Waals surface area contributed by atoms with Gasteiger partial charge in [0.15, 0.2) is 5.13 Å². The molecule has 1 N–H and O–H groups in total. The molecule has 1 aromatic heterocycles. The molecule has 4 nitrogen and oxygen atoms in total. The Balaban J connectivity index is 1.99. The highest BCUT2D eigenvalue weighted by molar-refractivity contribution is 7.17. The Hall–Kier alpha value is -1.10. The zero-order valence-electron chi connectivity index (χ0n) is 10.9. The van der Waals surface area contributed by atoms with E-state index >= 15 is 0 Å². The maximum absolute atomic E-state index is 11.4. The first-order valence-electron chi connectivity index (χ1n) is 6.51. The highest BCUT2D eigenvalue weighted by Crippen LogP contribution is 2.27. The maximum atomic E-state index is 11.4. The maximum Gasteiger partial charge on any atom is 0.349 e. The second kappa shape index (κ2) is 6.18. The predicted molar refractivity (Wildman–Crippen MR) is 73.1 cm³/mol. The van der Waals surface area contributed by atoms with Crippen LogP contribution in [-0.4, -0.2) is 24.1 Å². The van der Waals surface area contributed by atoms with Gasteiger partial charge >= 0.3 is 5.97 Å². The number of aromatic nitrogens is 1. The third kappa shape index (κ3) is 3.22. The first-order chi connectivity index (χ1) is 8.70. The minimum atomic E-state index is -0.311. The molecule has 2 rings (SSSR count). The van der Waals surface area contributed by atoms with Crippen molar-refractivity contribution in [3.05, 3.63) is 11.1 Å². The molecule has 0 aromatic carbocycles. The fraction of sp³-hybridized carbons (Fsp3) is 0.692. The van der Waals surface area contributed by atoms with Crippen LogP contribution >= 0.6 is 11.3 Å². The number of carbonyl (C=O) groups is 1. The van der Waals surface area contributed by atoms with Gasteiger partial charge in [-0.3, -0.25) is 0 Å². The van der Waals surface area contributed by atoms with E-state index in [1.807, 2.05) is 0 Å². The molecule has 2 unspecified atom stereocenters. The van der Waals surface area contributed by atoms with Gasteiger partial charge in [0.25, 0.3) is 0 Å². The van der Waals surface area contributed by atoms with Crippen LogP contribution in [0.4, 0.5) is 5.13 Å². The average Bonchev–Trinajstić information content (AvgIpc) is 2.75. The minimum absolute atomic E-state index is 0.311. The summed E-state index contributed by atoms with van der Waals surface area (Å²) in [6, 6.07) is 0.476. The van der Waals surface area contributed by atoms with Crippen LogP contribution in [0.2, 0.25) is 0 Å². The molecule has 1 aliphatic carbocycles. The van der Waals surface area contributed by atoms with Crippen LogP contribution in [0.3, 0.4) is 0 Å². The highest BCUT2D eigenvalue weighted by atomic mass is 32.1. The topological polar surface area (TPSA) is 51.2 Å². The summed E-state index contributed by atoms with van der Waals surface area (Å²) in [4.78, 5) is 16.2.